The first-order valence-electron chi connectivity index (χ1n) is 5.85. The average molecular weight is 290 g/mol. The van der Waals surface area contributed by atoms with Gasteiger partial charge in [-0.3, -0.25) is 0 Å². The molecule has 0 saturated carbocycles. The van der Waals surface area contributed by atoms with Gasteiger partial charge in [0.05, 0.1) is 0 Å². The lowest BCUT2D eigenvalue weighted by Crippen LogP contribution is -2.15. The van der Waals surface area contributed by atoms with Gasteiger partial charge < -0.3 is 14.6 Å². The van der Waals surface area contributed by atoms with E-state index in [1.807, 2.05) is 0 Å². The summed E-state index contributed by atoms with van der Waals surface area (Å²) in [5.74, 6) is -3.45. The Bertz CT molecular complexity index is 642. The highest BCUT2D eigenvalue weighted by Crippen LogP contribution is 2.32. The molecule has 1 aromatic carbocycles. The summed E-state index contributed by atoms with van der Waals surface area (Å²) in [6.07, 6.45) is 0. The van der Waals surface area contributed by atoms with Gasteiger partial charge in [0.25, 0.3) is 0 Å². The Labute approximate surface area is 121 Å². The summed E-state index contributed by atoms with van der Waals surface area (Å²) in [6, 6.07) is 3.90. The number of benzene rings is 1. The van der Waals surface area contributed by atoms with Crippen LogP contribution in [0.25, 0.3) is 0 Å². The van der Waals surface area contributed by atoms with Crippen LogP contribution in [-0.2, 0) is 9.59 Å². The van der Waals surface area contributed by atoms with Crippen molar-refractivity contribution in [1.29, 1.82) is 0 Å². The number of para-hydroxylation sites is 1. The molecule has 1 aromatic rings. The topological polar surface area (TPSA) is 89.9 Å². The van der Waals surface area contributed by atoms with E-state index in [9.17, 15) is 14.4 Å². The zero-order chi connectivity index (χ0) is 16.2. The highest BCUT2D eigenvalue weighted by atomic mass is 16.6. The van der Waals surface area contributed by atoms with E-state index in [1.54, 1.807) is 0 Å². The maximum Gasteiger partial charge on any atom is 0.339 e. The van der Waals surface area contributed by atoms with Crippen molar-refractivity contribution in [1.82, 2.24) is 0 Å². The number of carbonyl (C=O) groups excluding carboxylic acids is 2. The second kappa shape index (κ2) is 6.51. The summed E-state index contributed by atoms with van der Waals surface area (Å²) < 4.78 is 9.92. The molecule has 6 nitrogen and oxygen atoms in total. The van der Waals surface area contributed by atoms with E-state index in [0.717, 1.165) is 0 Å². The molecule has 0 radical (unpaired) electrons. The van der Waals surface area contributed by atoms with E-state index in [0.29, 0.717) is 0 Å². The standard InChI is InChI=1S/C15H14O6/c1-8(2)14(18)20-11-7-5-6-10(13(16)17)12(11)21-15(19)9(3)4/h5-7H,1,3H2,2,4H3,(H,16,17). The number of carbonyl (C=O) groups is 3. The molecule has 0 unspecified atom stereocenters. The predicted molar refractivity (Wildman–Crippen MR) is 74.3 cm³/mol. The SMILES string of the molecule is C=C(C)C(=O)Oc1cccc(C(=O)O)c1OC(=O)C(=C)C. The normalized spacial score (nSPS) is 9.62. The molecule has 0 heterocycles. The second-order valence-corrected chi connectivity index (χ2v) is 4.28. The van der Waals surface area contributed by atoms with Crippen LogP contribution in [0.5, 0.6) is 11.5 Å². The van der Waals surface area contributed by atoms with Gasteiger partial charge in [0, 0.05) is 11.1 Å². The van der Waals surface area contributed by atoms with Crippen molar-refractivity contribution in [3.63, 3.8) is 0 Å². The van der Waals surface area contributed by atoms with Crippen LogP contribution in [0, 0.1) is 0 Å². The summed E-state index contributed by atoms with van der Waals surface area (Å²) in [6.45, 7) is 9.66. The number of rotatable bonds is 5. The first-order valence-corrected chi connectivity index (χ1v) is 5.85. The van der Waals surface area contributed by atoms with Gasteiger partial charge in [0.15, 0.2) is 11.5 Å². The molecule has 0 saturated heterocycles. The molecule has 0 bridgehead atoms. The summed E-state index contributed by atoms with van der Waals surface area (Å²) in [5.41, 5.74) is -0.114. The fourth-order valence-electron chi connectivity index (χ4n) is 1.24. The van der Waals surface area contributed by atoms with Crippen molar-refractivity contribution in [2.75, 3.05) is 0 Å². The maximum absolute atomic E-state index is 11.6. The van der Waals surface area contributed by atoms with E-state index < -0.39 is 17.9 Å². The van der Waals surface area contributed by atoms with Crippen molar-refractivity contribution >= 4 is 17.9 Å². The fourth-order valence-corrected chi connectivity index (χ4v) is 1.24. The molecule has 1 rings (SSSR count). The Morgan fingerprint density at radius 1 is 1.00 bits per heavy atom. The van der Waals surface area contributed by atoms with Crippen molar-refractivity contribution < 1.29 is 29.0 Å². The molecule has 0 aromatic heterocycles. The molecule has 1 N–H and O–H groups in total. The largest absolute Gasteiger partial charge is 0.478 e. The fraction of sp³-hybridized carbons (Fsp3) is 0.133. The molecule has 0 aliphatic heterocycles. The van der Waals surface area contributed by atoms with Gasteiger partial charge in [-0.25, -0.2) is 14.4 Å². The molecule has 21 heavy (non-hydrogen) atoms. The van der Waals surface area contributed by atoms with Gasteiger partial charge in [-0.1, -0.05) is 19.2 Å². The minimum Gasteiger partial charge on any atom is -0.478 e. The lowest BCUT2D eigenvalue weighted by atomic mass is 10.2. The minimum atomic E-state index is -1.33. The number of ether oxygens (including phenoxy) is 2. The van der Waals surface area contributed by atoms with Crippen molar-refractivity contribution in [3.8, 4) is 11.5 Å². The third-order valence-electron chi connectivity index (χ3n) is 2.30. The van der Waals surface area contributed by atoms with Crippen LogP contribution in [0.3, 0.4) is 0 Å². The lowest BCUT2D eigenvalue weighted by Gasteiger charge is -2.12. The monoisotopic (exact) mass is 290 g/mol. The first kappa shape index (κ1) is 16.2. The number of aromatic carboxylic acids is 1. The van der Waals surface area contributed by atoms with Gasteiger partial charge in [0.2, 0.25) is 0 Å². The van der Waals surface area contributed by atoms with E-state index in [2.05, 4.69) is 13.2 Å². The van der Waals surface area contributed by atoms with Crippen LogP contribution in [0.1, 0.15) is 24.2 Å². The number of carboxylic acids is 1. The van der Waals surface area contributed by atoms with E-state index >= 15 is 0 Å². The molecular weight excluding hydrogens is 276 g/mol. The summed E-state index contributed by atoms with van der Waals surface area (Å²) >= 11 is 0. The molecule has 6 heteroatoms. The Hall–Kier alpha value is -2.89. The third kappa shape index (κ3) is 4.04. The van der Waals surface area contributed by atoms with E-state index in [-0.39, 0.29) is 28.2 Å². The predicted octanol–water partition coefficient (Wildman–Crippen LogP) is 2.35. The van der Waals surface area contributed by atoms with E-state index in [1.165, 1.54) is 32.0 Å². The van der Waals surface area contributed by atoms with Crippen LogP contribution in [0.2, 0.25) is 0 Å². The van der Waals surface area contributed by atoms with Crippen LogP contribution < -0.4 is 9.47 Å². The van der Waals surface area contributed by atoms with Crippen molar-refractivity contribution in [3.05, 3.63) is 48.1 Å². The zero-order valence-electron chi connectivity index (χ0n) is 11.6. The van der Waals surface area contributed by atoms with Crippen LogP contribution in [0.4, 0.5) is 0 Å². The van der Waals surface area contributed by atoms with E-state index in [4.69, 9.17) is 14.6 Å². The quantitative estimate of drug-likeness (QED) is 0.508. The summed E-state index contributed by atoms with van der Waals surface area (Å²) in [4.78, 5) is 34.3. The molecule has 0 aliphatic rings. The Morgan fingerprint density at radius 3 is 2.00 bits per heavy atom. The average Bonchev–Trinajstić information content (AvgIpc) is 2.39. The molecule has 110 valence electrons. The lowest BCUT2D eigenvalue weighted by molar-refractivity contribution is -0.132. The Kier molecular flexibility index (Phi) is 5.01. The van der Waals surface area contributed by atoms with Crippen molar-refractivity contribution in [2.45, 2.75) is 13.8 Å². The van der Waals surface area contributed by atoms with Gasteiger partial charge in [-0.15, -0.1) is 0 Å². The van der Waals surface area contributed by atoms with Crippen LogP contribution in [0.15, 0.2) is 42.5 Å². The maximum atomic E-state index is 11.6. The second-order valence-electron chi connectivity index (χ2n) is 4.28. The number of esters is 2. The van der Waals surface area contributed by atoms with Gasteiger partial charge in [0.1, 0.15) is 5.56 Å². The van der Waals surface area contributed by atoms with Crippen LogP contribution in [-0.4, -0.2) is 23.0 Å². The summed E-state index contributed by atoms with van der Waals surface area (Å²) in [5, 5.41) is 9.11. The molecule has 0 atom stereocenters. The number of carboxylic acid groups (broad SMARTS) is 1. The molecule has 0 spiro atoms. The first-order chi connectivity index (χ1) is 9.73. The smallest absolute Gasteiger partial charge is 0.339 e. The molecule has 0 aliphatic carbocycles. The van der Waals surface area contributed by atoms with Crippen LogP contribution >= 0.6 is 0 Å². The highest BCUT2D eigenvalue weighted by Gasteiger charge is 2.21. The molecule has 0 fully saturated rings. The zero-order valence-corrected chi connectivity index (χ0v) is 11.6. The Balaban J connectivity index is 3.29. The number of hydrogen-bond donors (Lipinski definition) is 1. The van der Waals surface area contributed by atoms with Gasteiger partial charge >= 0.3 is 17.9 Å². The van der Waals surface area contributed by atoms with Gasteiger partial charge in [-0.05, 0) is 26.0 Å². The Morgan fingerprint density at radius 2 is 1.52 bits per heavy atom. The van der Waals surface area contributed by atoms with Crippen molar-refractivity contribution in [2.24, 2.45) is 0 Å². The minimum absolute atomic E-state index is 0.0763. The third-order valence-corrected chi connectivity index (χ3v) is 2.30. The van der Waals surface area contributed by atoms with Gasteiger partial charge in [-0.2, -0.15) is 0 Å². The summed E-state index contributed by atoms with van der Waals surface area (Å²) in [7, 11) is 0. The molecular formula is C15H14O6. The molecule has 0 amide bonds. The number of hydrogen-bond acceptors (Lipinski definition) is 5. The highest BCUT2D eigenvalue weighted by molar-refractivity contribution is 5.96.